The van der Waals surface area contributed by atoms with Crippen molar-refractivity contribution in [2.75, 3.05) is 20.3 Å². The average Bonchev–Trinajstić information content (AvgIpc) is 2.25. The molecule has 1 aliphatic heterocycles. The highest BCUT2D eigenvalue weighted by atomic mass is 16.5. The van der Waals surface area contributed by atoms with E-state index in [0.29, 0.717) is 12.5 Å². The third kappa shape index (κ3) is 4.49. The van der Waals surface area contributed by atoms with E-state index in [9.17, 15) is 4.79 Å². The summed E-state index contributed by atoms with van der Waals surface area (Å²) in [6.45, 7) is 5.44. The molecule has 1 saturated heterocycles. The van der Waals surface area contributed by atoms with Crippen molar-refractivity contribution in [1.82, 2.24) is 4.90 Å². The summed E-state index contributed by atoms with van der Waals surface area (Å²) in [5.41, 5.74) is 5.61. The molecule has 0 radical (unpaired) electrons. The number of carbonyl (C=O) groups excluding carboxylic acids is 1. The van der Waals surface area contributed by atoms with Gasteiger partial charge in [0.15, 0.2) is 0 Å². The summed E-state index contributed by atoms with van der Waals surface area (Å²) in [5.74, 6) is 0.199. The molecule has 4 nitrogen and oxygen atoms in total. The van der Waals surface area contributed by atoms with Crippen LogP contribution in [0.5, 0.6) is 0 Å². The summed E-state index contributed by atoms with van der Waals surface area (Å²) >= 11 is 0. The zero-order chi connectivity index (χ0) is 12.2. The first-order chi connectivity index (χ1) is 7.40. The molecule has 94 valence electrons. The van der Waals surface area contributed by atoms with Crippen molar-refractivity contribution < 1.29 is 9.53 Å². The van der Waals surface area contributed by atoms with Crippen LogP contribution in [0.2, 0.25) is 0 Å². The van der Waals surface area contributed by atoms with Crippen molar-refractivity contribution in [2.45, 2.75) is 51.1 Å². The van der Waals surface area contributed by atoms with Crippen molar-refractivity contribution in [3.8, 4) is 0 Å². The Morgan fingerprint density at radius 1 is 1.44 bits per heavy atom. The maximum atomic E-state index is 11.9. The van der Waals surface area contributed by atoms with Crippen LogP contribution in [-0.4, -0.2) is 42.6 Å². The molecular formula is C12H24N2O2. The molecule has 1 aliphatic rings. The third-order valence-corrected chi connectivity index (χ3v) is 3.12. The Morgan fingerprint density at radius 2 is 2.00 bits per heavy atom. The second kappa shape index (κ2) is 5.64. The van der Waals surface area contributed by atoms with Crippen LogP contribution in [0.25, 0.3) is 0 Å². The number of hydrogen-bond donors (Lipinski definition) is 1. The molecule has 4 heteroatoms. The fourth-order valence-corrected chi connectivity index (χ4v) is 1.88. The number of hydrogen-bond acceptors (Lipinski definition) is 3. The lowest BCUT2D eigenvalue weighted by Crippen LogP contribution is -2.42. The molecule has 0 spiro atoms. The van der Waals surface area contributed by atoms with E-state index in [1.807, 2.05) is 25.8 Å². The van der Waals surface area contributed by atoms with Crippen molar-refractivity contribution in [2.24, 2.45) is 5.73 Å². The maximum absolute atomic E-state index is 11.9. The van der Waals surface area contributed by atoms with Crippen LogP contribution in [0.15, 0.2) is 0 Å². The minimum Gasteiger partial charge on any atom is -0.381 e. The normalized spacial score (nSPS) is 18.5. The van der Waals surface area contributed by atoms with Gasteiger partial charge in [0.05, 0.1) is 0 Å². The quantitative estimate of drug-likeness (QED) is 0.785. The monoisotopic (exact) mass is 228 g/mol. The number of amides is 1. The predicted octanol–water partition coefficient (Wildman–Crippen LogP) is 1.14. The van der Waals surface area contributed by atoms with Gasteiger partial charge in [0, 0.05) is 38.3 Å². The van der Waals surface area contributed by atoms with E-state index >= 15 is 0 Å². The van der Waals surface area contributed by atoms with E-state index in [-0.39, 0.29) is 11.4 Å². The summed E-state index contributed by atoms with van der Waals surface area (Å²) in [6, 6.07) is 0.349. The second-order valence-electron chi connectivity index (χ2n) is 5.34. The number of ether oxygens (including phenoxy) is 1. The Balaban J connectivity index is 2.34. The maximum Gasteiger partial charge on any atom is 0.222 e. The number of carbonyl (C=O) groups is 1. The van der Waals surface area contributed by atoms with Crippen LogP contribution >= 0.6 is 0 Å². The molecule has 0 unspecified atom stereocenters. The van der Waals surface area contributed by atoms with Gasteiger partial charge in [-0.2, -0.15) is 0 Å². The van der Waals surface area contributed by atoms with E-state index < -0.39 is 0 Å². The average molecular weight is 228 g/mol. The summed E-state index contributed by atoms with van der Waals surface area (Å²) in [6.07, 6.45) is 3.18. The molecule has 0 aromatic carbocycles. The summed E-state index contributed by atoms with van der Waals surface area (Å²) in [4.78, 5) is 13.8. The molecule has 0 aromatic heterocycles. The molecule has 16 heavy (non-hydrogen) atoms. The van der Waals surface area contributed by atoms with Gasteiger partial charge in [-0.05, 0) is 33.1 Å². The smallest absolute Gasteiger partial charge is 0.222 e. The van der Waals surface area contributed by atoms with Gasteiger partial charge in [0.1, 0.15) is 0 Å². The number of nitrogens with zero attached hydrogens (tertiary/aromatic N) is 1. The first-order valence-electron chi connectivity index (χ1n) is 6.02. The van der Waals surface area contributed by atoms with Crippen molar-refractivity contribution in [3.05, 3.63) is 0 Å². The molecular weight excluding hydrogens is 204 g/mol. The van der Waals surface area contributed by atoms with Gasteiger partial charge in [0.25, 0.3) is 0 Å². The molecule has 2 N–H and O–H groups in total. The summed E-state index contributed by atoms with van der Waals surface area (Å²) < 4.78 is 5.29. The molecule has 0 saturated carbocycles. The van der Waals surface area contributed by atoms with Crippen molar-refractivity contribution in [1.29, 1.82) is 0 Å². The van der Waals surface area contributed by atoms with Gasteiger partial charge >= 0.3 is 0 Å². The first-order valence-corrected chi connectivity index (χ1v) is 6.02. The van der Waals surface area contributed by atoms with E-state index in [1.165, 1.54) is 0 Å². The zero-order valence-corrected chi connectivity index (χ0v) is 10.7. The molecule has 1 heterocycles. The Hall–Kier alpha value is -0.610. The van der Waals surface area contributed by atoms with E-state index in [1.54, 1.807) is 0 Å². The number of nitrogens with two attached hydrogens (primary N) is 1. The van der Waals surface area contributed by atoms with E-state index in [0.717, 1.165) is 32.5 Å². The Bertz CT molecular complexity index is 230. The Kier molecular flexibility index (Phi) is 4.74. The predicted molar refractivity (Wildman–Crippen MR) is 64.1 cm³/mol. The lowest BCUT2D eigenvalue weighted by Gasteiger charge is -2.32. The highest BCUT2D eigenvalue weighted by molar-refractivity contribution is 5.76. The fourth-order valence-electron chi connectivity index (χ4n) is 1.88. The summed E-state index contributed by atoms with van der Waals surface area (Å²) in [7, 11) is 1.89. The molecule has 0 aliphatic carbocycles. The highest BCUT2D eigenvalue weighted by Gasteiger charge is 2.23. The summed E-state index contributed by atoms with van der Waals surface area (Å²) in [5, 5.41) is 0. The molecule has 0 aromatic rings. The largest absolute Gasteiger partial charge is 0.381 e. The molecule has 1 rings (SSSR count). The van der Waals surface area contributed by atoms with Gasteiger partial charge in [-0.15, -0.1) is 0 Å². The lowest BCUT2D eigenvalue weighted by atomic mass is 9.99. The molecule has 0 atom stereocenters. The molecule has 0 bridgehead atoms. The van der Waals surface area contributed by atoms with Crippen LogP contribution in [-0.2, 0) is 9.53 Å². The van der Waals surface area contributed by atoms with E-state index in [2.05, 4.69) is 0 Å². The van der Waals surface area contributed by atoms with Gasteiger partial charge in [-0.3, -0.25) is 4.79 Å². The van der Waals surface area contributed by atoms with Crippen LogP contribution in [0.4, 0.5) is 0 Å². The minimum absolute atomic E-state index is 0.199. The van der Waals surface area contributed by atoms with Gasteiger partial charge < -0.3 is 15.4 Å². The topological polar surface area (TPSA) is 55.6 Å². The Labute approximate surface area is 98.1 Å². The molecule has 1 fully saturated rings. The van der Waals surface area contributed by atoms with Gasteiger partial charge in [-0.1, -0.05) is 0 Å². The number of rotatable bonds is 4. The van der Waals surface area contributed by atoms with Gasteiger partial charge in [-0.25, -0.2) is 0 Å². The standard InChI is InChI=1S/C12H24N2O2/c1-12(2,13)7-4-11(15)14(3)10-5-8-16-9-6-10/h10H,4-9,13H2,1-3H3. The minimum atomic E-state index is -0.258. The Morgan fingerprint density at radius 3 is 2.50 bits per heavy atom. The highest BCUT2D eigenvalue weighted by Crippen LogP contribution is 2.15. The third-order valence-electron chi connectivity index (χ3n) is 3.12. The first kappa shape index (κ1) is 13.5. The molecule has 1 amide bonds. The fraction of sp³-hybridized carbons (Fsp3) is 0.917. The zero-order valence-electron chi connectivity index (χ0n) is 10.7. The van der Waals surface area contributed by atoms with Gasteiger partial charge in [0.2, 0.25) is 5.91 Å². The van der Waals surface area contributed by atoms with Crippen LogP contribution in [0.3, 0.4) is 0 Å². The van der Waals surface area contributed by atoms with Crippen molar-refractivity contribution in [3.63, 3.8) is 0 Å². The van der Waals surface area contributed by atoms with Crippen LogP contribution in [0, 0.1) is 0 Å². The van der Waals surface area contributed by atoms with E-state index in [4.69, 9.17) is 10.5 Å². The SMILES string of the molecule is CN(C(=O)CCC(C)(C)N)C1CCOCC1. The second-order valence-corrected chi connectivity index (χ2v) is 5.34. The van der Waals surface area contributed by atoms with Crippen LogP contribution in [0.1, 0.15) is 39.5 Å². The van der Waals surface area contributed by atoms with Crippen molar-refractivity contribution >= 4 is 5.91 Å². The van der Waals surface area contributed by atoms with Crippen LogP contribution < -0.4 is 5.73 Å². The lowest BCUT2D eigenvalue weighted by molar-refractivity contribution is -0.134.